The van der Waals surface area contributed by atoms with Crippen molar-refractivity contribution in [2.75, 3.05) is 5.32 Å². The van der Waals surface area contributed by atoms with Gasteiger partial charge in [0.2, 0.25) is 0 Å². The summed E-state index contributed by atoms with van der Waals surface area (Å²) in [6, 6.07) is 6.75. The van der Waals surface area contributed by atoms with Crippen molar-refractivity contribution >= 4 is 21.6 Å². The van der Waals surface area contributed by atoms with Crippen LogP contribution in [0.3, 0.4) is 0 Å². The highest BCUT2D eigenvalue weighted by molar-refractivity contribution is 9.10. The maximum absolute atomic E-state index is 13.6. The Bertz CT molecular complexity index is 650. The first-order valence-electron chi connectivity index (χ1n) is 5.63. The molecule has 3 nitrogen and oxygen atoms in total. The van der Waals surface area contributed by atoms with E-state index >= 15 is 0 Å². The number of rotatable bonds is 3. The minimum absolute atomic E-state index is 0.304. The van der Waals surface area contributed by atoms with Crippen molar-refractivity contribution in [2.24, 2.45) is 0 Å². The molecule has 5 heteroatoms. The molecule has 1 N–H and O–H groups in total. The number of nitriles is 1. The molecule has 0 bridgehead atoms. The summed E-state index contributed by atoms with van der Waals surface area (Å²) in [6.07, 6.45) is 3.43. The SMILES string of the molecule is Cc1c(F)cc(C#N)cc1NCc1cncc(Br)c1. The third-order valence-corrected chi connectivity index (χ3v) is 3.15. The van der Waals surface area contributed by atoms with Crippen molar-refractivity contribution in [2.45, 2.75) is 13.5 Å². The molecule has 0 saturated carbocycles. The highest BCUT2D eigenvalue weighted by Crippen LogP contribution is 2.21. The van der Waals surface area contributed by atoms with E-state index in [2.05, 4.69) is 26.2 Å². The Morgan fingerprint density at radius 3 is 2.84 bits per heavy atom. The lowest BCUT2D eigenvalue weighted by Crippen LogP contribution is -2.03. The Labute approximate surface area is 119 Å². The quantitative estimate of drug-likeness (QED) is 0.936. The summed E-state index contributed by atoms with van der Waals surface area (Å²) in [4.78, 5) is 4.06. The van der Waals surface area contributed by atoms with Gasteiger partial charge in [-0.25, -0.2) is 4.39 Å². The standard InChI is InChI=1S/C14H11BrFN3/c1-9-13(16)3-10(5-17)4-14(9)19-7-11-2-12(15)8-18-6-11/h2-4,6,8,19H,7H2,1H3. The molecule has 0 amide bonds. The van der Waals surface area contributed by atoms with Gasteiger partial charge in [-0.2, -0.15) is 5.26 Å². The number of benzene rings is 1. The van der Waals surface area contributed by atoms with Crippen LogP contribution in [0.1, 0.15) is 16.7 Å². The molecule has 1 aromatic heterocycles. The second kappa shape index (κ2) is 5.81. The van der Waals surface area contributed by atoms with Crippen molar-refractivity contribution in [3.8, 4) is 6.07 Å². The fourth-order valence-electron chi connectivity index (χ4n) is 1.68. The summed E-state index contributed by atoms with van der Waals surface area (Å²) in [5.74, 6) is -0.381. The number of hydrogen-bond acceptors (Lipinski definition) is 3. The first kappa shape index (κ1) is 13.5. The predicted octanol–water partition coefficient (Wildman–Crippen LogP) is 3.78. The van der Waals surface area contributed by atoms with Crippen LogP contribution in [0, 0.1) is 24.1 Å². The van der Waals surface area contributed by atoms with Crippen LogP contribution in [0.5, 0.6) is 0 Å². The van der Waals surface area contributed by atoms with Crippen LogP contribution in [-0.2, 0) is 6.54 Å². The number of anilines is 1. The second-order valence-corrected chi connectivity index (χ2v) is 5.02. The lowest BCUT2D eigenvalue weighted by Gasteiger charge is -2.11. The lowest BCUT2D eigenvalue weighted by molar-refractivity contribution is 0.618. The Hall–Kier alpha value is -1.93. The fraction of sp³-hybridized carbons (Fsp3) is 0.143. The molecule has 1 heterocycles. The molecular weight excluding hydrogens is 309 g/mol. The molecule has 2 aromatic rings. The summed E-state index contributed by atoms with van der Waals surface area (Å²) in [6.45, 7) is 2.19. The molecule has 1 aromatic carbocycles. The van der Waals surface area contributed by atoms with E-state index in [9.17, 15) is 4.39 Å². The number of nitrogens with zero attached hydrogens (tertiary/aromatic N) is 2. The summed E-state index contributed by atoms with van der Waals surface area (Å²) in [5, 5.41) is 12.0. The molecule has 19 heavy (non-hydrogen) atoms. The molecule has 0 spiro atoms. The Morgan fingerprint density at radius 1 is 1.37 bits per heavy atom. The van der Waals surface area contributed by atoms with Crippen LogP contribution in [0.4, 0.5) is 10.1 Å². The van der Waals surface area contributed by atoms with E-state index in [0.717, 1.165) is 10.0 Å². The largest absolute Gasteiger partial charge is 0.381 e. The van der Waals surface area contributed by atoms with E-state index < -0.39 is 0 Å². The van der Waals surface area contributed by atoms with Gasteiger partial charge in [-0.3, -0.25) is 4.98 Å². The number of halogens is 2. The average molecular weight is 320 g/mol. The highest BCUT2D eigenvalue weighted by Gasteiger charge is 2.07. The molecule has 0 aliphatic heterocycles. The van der Waals surface area contributed by atoms with Crippen molar-refractivity contribution in [1.82, 2.24) is 4.98 Å². The monoisotopic (exact) mass is 319 g/mol. The zero-order valence-corrected chi connectivity index (χ0v) is 11.8. The second-order valence-electron chi connectivity index (χ2n) is 4.11. The van der Waals surface area contributed by atoms with Crippen LogP contribution < -0.4 is 5.32 Å². The smallest absolute Gasteiger partial charge is 0.129 e. The Kier molecular flexibility index (Phi) is 4.13. The number of hydrogen-bond donors (Lipinski definition) is 1. The van der Waals surface area contributed by atoms with Gasteiger partial charge in [-0.05, 0) is 46.6 Å². The van der Waals surface area contributed by atoms with Gasteiger partial charge in [-0.15, -0.1) is 0 Å². The topological polar surface area (TPSA) is 48.7 Å². The molecule has 0 atom stereocenters. The number of aromatic nitrogens is 1. The first-order chi connectivity index (χ1) is 9.10. The molecule has 0 radical (unpaired) electrons. The van der Waals surface area contributed by atoms with Crippen LogP contribution >= 0.6 is 15.9 Å². The van der Waals surface area contributed by atoms with Crippen molar-refractivity contribution in [1.29, 1.82) is 5.26 Å². The van der Waals surface area contributed by atoms with Gasteiger partial charge in [0.15, 0.2) is 0 Å². The van der Waals surface area contributed by atoms with Crippen molar-refractivity contribution < 1.29 is 4.39 Å². The Morgan fingerprint density at radius 2 is 2.16 bits per heavy atom. The van der Waals surface area contributed by atoms with Crippen molar-refractivity contribution in [3.63, 3.8) is 0 Å². The molecule has 0 unspecified atom stereocenters. The molecule has 2 rings (SSSR count). The maximum atomic E-state index is 13.6. The van der Waals surface area contributed by atoms with Gasteiger partial charge in [0.05, 0.1) is 11.6 Å². The van der Waals surface area contributed by atoms with E-state index in [1.165, 1.54) is 6.07 Å². The fourth-order valence-corrected chi connectivity index (χ4v) is 2.09. The van der Waals surface area contributed by atoms with Gasteiger partial charge < -0.3 is 5.32 Å². The number of nitrogens with one attached hydrogen (secondary N) is 1. The molecule has 0 aliphatic rings. The zero-order valence-electron chi connectivity index (χ0n) is 10.2. The number of pyridine rings is 1. The molecule has 0 fully saturated rings. The minimum atomic E-state index is -0.381. The van der Waals surface area contributed by atoms with Crippen LogP contribution in [-0.4, -0.2) is 4.98 Å². The Balaban J connectivity index is 2.20. The van der Waals surface area contributed by atoms with E-state index in [-0.39, 0.29) is 5.82 Å². The first-order valence-corrected chi connectivity index (χ1v) is 6.43. The summed E-state index contributed by atoms with van der Waals surface area (Å²) in [7, 11) is 0. The minimum Gasteiger partial charge on any atom is -0.381 e. The van der Waals surface area contributed by atoms with Crippen LogP contribution in [0.25, 0.3) is 0 Å². The highest BCUT2D eigenvalue weighted by atomic mass is 79.9. The molecule has 0 aliphatic carbocycles. The summed E-state index contributed by atoms with van der Waals surface area (Å²) < 4.78 is 14.5. The van der Waals surface area contributed by atoms with E-state index in [1.54, 1.807) is 25.4 Å². The van der Waals surface area contributed by atoms with E-state index in [0.29, 0.717) is 23.4 Å². The molecular formula is C14H11BrFN3. The lowest BCUT2D eigenvalue weighted by atomic mass is 10.1. The summed E-state index contributed by atoms with van der Waals surface area (Å²) >= 11 is 3.34. The molecule has 0 saturated heterocycles. The average Bonchev–Trinajstić information content (AvgIpc) is 2.40. The van der Waals surface area contributed by atoms with Gasteiger partial charge in [0.1, 0.15) is 5.82 Å². The van der Waals surface area contributed by atoms with E-state index in [1.807, 2.05) is 12.1 Å². The van der Waals surface area contributed by atoms with Crippen LogP contribution in [0.15, 0.2) is 35.1 Å². The van der Waals surface area contributed by atoms with Gasteiger partial charge in [-0.1, -0.05) is 0 Å². The third kappa shape index (κ3) is 3.30. The van der Waals surface area contributed by atoms with Crippen molar-refractivity contribution in [3.05, 3.63) is 57.6 Å². The maximum Gasteiger partial charge on any atom is 0.129 e. The van der Waals surface area contributed by atoms with Gasteiger partial charge in [0, 0.05) is 34.7 Å². The van der Waals surface area contributed by atoms with Gasteiger partial charge in [0.25, 0.3) is 0 Å². The van der Waals surface area contributed by atoms with E-state index in [4.69, 9.17) is 5.26 Å². The third-order valence-electron chi connectivity index (χ3n) is 2.72. The zero-order chi connectivity index (χ0) is 13.8. The van der Waals surface area contributed by atoms with Crippen LogP contribution in [0.2, 0.25) is 0 Å². The normalized spacial score (nSPS) is 10.0. The summed E-state index contributed by atoms with van der Waals surface area (Å²) in [5.41, 5.74) is 2.40. The molecule has 96 valence electrons. The predicted molar refractivity (Wildman–Crippen MR) is 75.1 cm³/mol. The van der Waals surface area contributed by atoms with Gasteiger partial charge >= 0.3 is 0 Å².